The minimum absolute atomic E-state index is 0.174. The van der Waals surface area contributed by atoms with Gasteiger partial charge < -0.3 is 9.30 Å². The van der Waals surface area contributed by atoms with Gasteiger partial charge in [0, 0.05) is 37.3 Å². The number of hydrogen-bond donors (Lipinski definition) is 0. The van der Waals surface area contributed by atoms with Crippen molar-refractivity contribution < 1.29 is 17.9 Å². The molecule has 1 aromatic heterocycles. The van der Waals surface area contributed by atoms with Crippen molar-refractivity contribution in [2.24, 2.45) is 4.99 Å². The fraction of sp³-hybridized carbons (Fsp3) is 0.417. The Bertz CT molecular complexity index is 1320. The Morgan fingerprint density at radius 2 is 1.76 bits per heavy atom. The molecular formula is C24H30ClN3O4S2. The van der Waals surface area contributed by atoms with E-state index in [1.54, 1.807) is 7.11 Å². The van der Waals surface area contributed by atoms with E-state index in [2.05, 4.69) is 4.99 Å². The van der Waals surface area contributed by atoms with Crippen LogP contribution in [0, 0.1) is 6.92 Å². The van der Waals surface area contributed by atoms with E-state index < -0.39 is 15.9 Å². The molecule has 0 radical (unpaired) electrons. The maximum atomic E-state index is 13.0. The van der Waals surface area contributed by atoms with Crippen LogP contribution in [0.25, 0.3) is 10.2 Å². The predicted molar refractivity (Wildman–Crippen MR) is 137 cm³/mol. The standard InChI is InChI=1S/C24H30ClN3O4S2/c1-5-13-27(14-6-2)34(30,31)19-9-7-18(8-10-19)23(29)26-24-28(15-16-32-4)22-17(3)20(25)11-12-21(22)33-24/h7-12H,5-6,13-16H2,1-4H3. The van der Waals surface area contributed by atoms with E-state index in [1.807, 2.05) is 37.5 Å². The van der Waals surface area contributed by atoms with Crippen molar-refractivity contribution in [1.82, 2.24) is 8.87 Å². The molecule has 2 aromatic carbocycles. The number of methoxy groups -OCH3 is 1. The van der Waals surface area contributed by atoms with Gasteiger partial charge in [0.15, 0.2) is 4.80 Å². The highest BCUT2D eigenvalue weighted by atomic mass is 35.5. The molecule has 1 amide bonds. The second-order valence-corrected chi connectivity index (χ2v) is 11.2. The first-order valence-electron chi connectivity index (χ1n) is 11.2. The highest BCUT2D eigenvalue weighted by Gasteiger charge is 2.23. The highest BCUT2D eigenvalue weighted by molar-refractivity contribution is 7.89. The van der Waals surface area contributed by atoms with E-state index >= 15 is 0 Å². The third-order valence-electron chi connectivity index (χ3n) is 5.43. The Hall–Kier alpha value is -2.04. The number of rotatable bonds is 10. The predicted octanol–water partition coefficient (Wildman–Crippen LogP) is 4.86. The van der Waals surface area contributed by atoms with Crippen LogP contribution in [0.3, 0.4) is 0 Å². The molecule has 34 heavy (non-hydrogen) atoms. The van der Waals surface area contributed by atoms with Gasteiger partial charge in [0.2, 0.25) is 10.0 Å². The summed E-state index contributed by atoms with van der Waals surface area (Å²) in [6, 6.07) is 9.74. The van der Waals surface area contributed by atoms with Crippen molar-refractivity contribution in [1.29, 1.82) is 0 Å². The number of ether oxygens (including phenoxy) is 1. The smallest absolute Gasteiger partial charge is 0.279 e. The number of aromatic nitrogens is 1. The SMILES string of the molecule is CCCN(CCC)S(=O)(=O)c1ccc(C(=O)N=c2sc3ccc(Cl)c(C)c3n2CCOC)cc1. The van der Waals surface area contributed by atoms with Gasteiger partial charge in [-0.15, -0.1) is 0 Å². The minimum atomic E-state index is -3.61. The minimum Gasteiger partial charge on any atom is -0.383 e. The number of carbonyl (C=O) groups excluding carboxylic acids is 1. The van der Waals surface area contributed by atoms with Gasteiger partial charge in [0.05, 0.1) is 21.7 Å². The number of nitrogens with zero attached hydrogens (tertiary/aromatic N) is 3. The maximum absolute atomic E-state index is 13.0. The summed E-state index contributed by atoms with van der Waals surface area (Å²) in [7, 11) is -1.99. The fourth-order valence-corrected chi connectivity index (χ4v) is 6.60. The summed E-state index contributed by atoms with van der Waals surface area (Å²) in [5, 5.41) is 0.645. The summed E-state index contributed by atoms with van der Waals surface area (Å²) in [5.74, 6) is -0.440. The zero-order valence-corrected chi connectivity index (χ0v) is 22.3. The molecule has 3 rings (SSSR count). The Balaban J connectivity index is 1.98. The van der Waals surface area contributed by atoms with Crippen LogP contribution < -0.4 is 4.80 Å². The molecule has 0 fully saturated rings. The molecule has 1 heterocycles. The molecule has 0 aliphatic rings. The number of sulfonamides is 1. The second-order valence-electron chi connectivity index (χ2n) is 7.89. The Kier molecular flexibility index (Phi) is 9.06. The van der Waals surface area contributed by atoms with Crippen LogP contribution in [0.2, 0.25) is 5.02 Å². The quantitative estimate of drug-likeness (QED) is 0.380. The van der Waals surface area contributed by atoms with E-state index in [4.69, 9.17) is 16.3 Å². The third-order valence-corrected chi connectivity index (χ3v) is 8.80. The van der Waals surface area contributed by atoms with Crippen LogP contribution in [0.1, 0.15) is 42.6 Å². The molecule has 7 nitrogen and oxygen atoms in total. The van der Waals surface area contributed by atoms with E-state index in [9.17, 15) is 13.2 Å². The molecule has 0 saturated heterocycles. The molecule has 0 unspecified atom stereocenters. The summed E-state index contributed by atoms with van der Waals surface area (Å²) < 4.78 is 35.6. The topological polar surface area (TPSA) is 81.0 Å². The highest BCUT2D eigenvalue weighted by Crippen LogP contribution is 2.27. The van der Waals surface area contributed by atoms with Gasteiger partial charge in [-0.05, 0) is 61.7 Å². The summed E-state index contributed by atoms with van der Waals surface area (Å²) >= 11 is 7.73. The van der Waals surface area contributed by atoms with Crippen LogP contribution in [0.4, 0.5) is 0 Å². The van der Waals surface area contributed by atoms with Gasteiger partial charge in [-0.3, -0.25) is 4.79 Å². The summed E-state index contributed by atoms with van der Waals surface area (Å²) in [6.45, 7) is 7.73. The van der Waals surface area contributed by atoms with E-state index in [1.165, 1.54) is 39.9 Å². The van der Waals surface area contributed by atoms with Crippen molar-refractivity contribution >= 4 is 49.1 Å². The van der Waals surface area contributed by atoms with Crippen molar-refractivity contribution in [2.75, 3.05) is 26.8 Å². The molecule has 10 heteroatoms. The number of halogens is 1. The van der Waals surface area contributed by atoms with Crippen LogP contribution >= 0.6 is 22.9 Å². The number of aryl methyl sites for hydroxylation is 1. The number of amides is 1. The summed E-state index contributed by atoms with van der Waals surface area (Å²) in [4.78, 5) is 18.1. The van der Waals surface area contributed by atoms with Gasteiger partial charge in [-0.25, -0.2) is 8.42 Å². The number of thiazole rings is 1. The molecule has 0 bridgehead atoms. The van der Waals surface area contributed by atoms with E-state index in [0.29, 0.717) is 41.6 Å². The average molecular weight is 524 g/mol. The number of hydrogen-bond acceptors (Lipinski definition) is 5. The molecule has 0 aliphatic carbocycles. The van der Waals surface area contributed by atoms with E-state index in [0.717, 1.165) is 28.6 Å². The first kappa shape index (κ1) is 26.6. The van der Waals surface area contributed by atoms with Crippen molar-refractivity contribution in [3.63, 3.8) is 0 Å². The second kappa shape index (κ2) is 11.6. The lowest BCUT2D eigenvalue weighted by Crippen LogP contribution is -2.32. The average Bonchev–Trinajstić information content (AvgIpc) is 3.17. The van der Waals surface area contributed by atoms with Gasteiger partial charge in [0.25, 0.3) is 5.91 Å². The number of fused-ring (bicyclic) bond motifs is 1. The lowest BCUT2D eigenvalue weighted by molar-refractivity contribution is 0.0997. The fourth-order valence-electron chi connectivity index (χ4n) is 3.71. The van der Waals surface area contributed by atoms with Gasteiger partial charge in [-0.2, -0.15) is 9.30 Å². The Labute approximate surface area is 209 Å². The van der Waals surface area contributed by atoms with Gasteiger partial charge in [0.1, 0.15) is 0 Å². The third kappa shape index (κ3) is 5.60. The summed E-state index contributed by atoms with van der Waals surface area (Å²) in [6.07, 6.45) is 1.47. The number of benzene rings is 2. The normalized spacial score (nSPS) is 12.7. The lowest BCUT2D eigenvalue weighted by atomic mass is 10.2. The van der Waals surface area contributed by atoms with Crippen molar-refractivity contribution in [3.05, 3.63) is 57.3 Å². The van der Waals surface area contributed by atoms with Crippen LogP contribution in [-0.4, -0.2) is 50.0 Å². The van der Waals surface area contributed by atoms with Crippen LogP contribution in [0.5, 0.6) is 0 Å². The van der Waals surface area contributed by atoms with Crippen LogP contribution in [-0.2, 0) is 21.3 Å². The van der Waals surface area contributed by atoms with E-state index in [-0.39, 0.29) is 4.90 Å². The number of carbonyl (C=O) groups is 1. The Morgan fingerprint density at radius 3 is 2.35 bits per heavy atom. The van der Waals surface area contributed by atoms with Crippen molar-refractivity contribution in [3.8, 4) is 0 Å². The first-order chi connectivity index (χ1) is 16.2. The molecule has 184 valence electrons. The molecule has 3 aromatic rings. The van der Waals surface area contributed by atoms with Gasteiger partial charge >= 0.3 is 0 Å². The van der Waals surface area contributed by atoms with Crippen molar-refractivity contribution in [2.45, 2.75) is 45.1 Å². The zero-order valence-electron chi connectivity index (χ0n) is 19.9. The van der Waals surface area contributed by atoms with Crippen LogP contribution in [0.15, 0.2) is 46.3 Å². The first-order valence-corrected chi connectivity index (χ1v) is 13.8. The monoisotopic (exact) mass is 523 g/mol. The van der Waals surface area contributed by atoms with Gasteiger partial charge in [-0.1, -0.05) is 36.8 Å². The molecule has 0 N–H and O–H groups in total. The largest absolute Gasteiger partial charge is 0.383 e. The molecule has 0 saturated carbocycles. The molecular weight excluding hydrogens is 494 g/mol. The molecule has 0 spiro atoms. The Morgan fingerprint density at radius 1 is 1.12 bits per heavy atom. The maximum Gasteiger partial charge on any atom is 0.279 e. The lowest BCUT2D eigenvalue weighted by Gasteiger charge is -2.21. The zero-order chi connectivity index (χ0) is 24.9. The molecule has 0 aliphatic heterocycles. The molecule has 0 atom stereocenters. The summed E-state index contributed by atoms with van der Waals surface area (Å²) in [5.41, 5.74) is 2.16.